The fourth-order valence-corrected chi connectivity index (χ4v) is 1.76. The highest BCUT2D eigenvalue weighted by molar-refractivity contribution is 7.80. The second-order valence-electron chi connectivity index (χ2n) is 5.03. The quantitative estimate of drug-likeness (QED) is 0.187. The summed E-state index contributed by atoms with van der Waals surface area (Å²) >= 11 is 10.1. The van der Waals surface area contributed by atoms with Crippen molar-refractivity contribution in [2.24, 2.45) is 10.2 Å². The average Bonchev–Trinajstić information content (AvgIpc) is 2.60. The van der Waals surface area contributed by atoms with Crippen LogP contribution in [-0.4, -0.2) is 45.5 Å². The summed E-state index contributed by atoms with van der Waals surface area (Å²) in [7, 11) is 1.70. The summed E-state index contributed by atoms with van der Waals surface area (Å²) in [5, 5.41) is 33.5. The molecule has 25 heavy (non-hydrogen) atoms. The molecule has 0 unspecified atom stereocenters. The maximum atomic E-state index is 9.45. The molecule has 0 atom stereocenters. The van der Waals surface area contributed by atoms with Gasteiger partial charge in [-0.1, -0.05) is 6.07 Å². The Kier molecular flexibility index (Phi) is 8.57. The molecule has 1 aromatic rings. The SMILES string of the molecule is CNC(=S)NN=C(C)C(C)=NNC(=S)NCCc1ccc(O)c(O)c1. The third-order valence-electron chi connectivity index (χ3n) is 3.14. The maximum absolute atomic E-state index is 9.45. The molecule has 10 heteroatoms. The van der Waals surface area contributed by atoms with E-state index in [0.29, 0.717) is 34.6 Å². The van der Waals surface area contributed by atoms with Gasteiger partial charge in [0.2, 0.25) is 0 Å². The molecule has 136 valence electrons. The van der Waals surface area contributed by atoms with Gasteiger partial charge < -0.3 is 20.8 Å². The van der Waals surface area contributed by atoms with Gasteiger partial charge in [-0.2, -0.15) is 10.2 Å². The molecule has 1 aromatic carbocycles. The van der Waals surface area contributed by atoms with Crippen LogP contribution in [0.5, 0.6) is 11.5 Å². The average molecular weight is 383 g/mol. The van der Waals surface area contributed by atoms with E-state index in [4.69, 9.17) is 24.4 Å². The summed E-state index contributed by atoms with van der Waals surface area (Å²) in [6.45, 7) is 4.13. The minimum absolute atomic E-state index is 0.138. The Balaban J connectivity index is 2.40. The number of nitrogens with one attached hydrogen (secondary N) is 4. The van der Waals surface area contributed by atoms with E-state index in [1.807, 2.05) is 0 Å². The van der Waals surface area contributed by atoms with Gasteiger partial charge in [0.25, 0.3) is 0 Å². The topological polar surface area (TPSA) is 113 Å². The highest BCUT2D eigenvalue weighted by atomic mass is 32.1. The monoisotopic (exact) mass is 382 g/mol. The molecule has 0 aromatic heterocycles. The van der Waals surface area contributed by atoms with Gasteiger partial charge in [-0.15, -0.1) is 0 Å². The first-order valence-electron chi connectivity index (χ1n) is 7.45. The van der Waals surface area contributed by atoms with Crippen LogP contribution in [0.4, 0.5) is 0 Å². The van der Waals surface area contributed by atoms with E-state index in [9.17, 15) is 10.2 Å². The molecular weight excluding hydrogens is 360 g/mol. The van der Waals surface area contributed by atoms with Gasteiger partial charge in [-0.3, -0.25) is 10.9 Å². The Morgan fingerprint density at radius 2 is 1.60 bits per heavy atom. The van der Waals surface area contributed by atoms with Crippen LogP contribution in [0.25, 0.3) is 0 Å². The van der Waals surface area contributed by atoms with Crippen molar-refractivity contribution in [1.82, 2.24) is 21.5 Å². The number of hydrogen-bond acceptors (Lipinski definition) is 6. The van der Waals surface area contributed by atoms with Crippen LogP contribution in [0, 0.1) is 0 Å². The second kappa shape index (κ2) is 10.4. The van der Waals surface area contributed by atoms with Crippen molar-refractivity contribution >= 4 is 46.1 Å². The number of hydrogen-bond donors (Lipinski definition) is 6. The largest absolute Gasteiger partial charge is 0.504 e. The molecule has 0 fully saturated rings. The van der Waals surface area contributed by atoms with Crippen molar-refractivity contribution < 1.29 is 10.2 Å². The molecule has 0 saturated heterocycles. The van der Waals surface area contributed by atoms with Gasteiger partial charge >= 0.3 is 0 Å². The number of phenols is 2. The molecule has 0 amide bonds. The Morgan fingerprint density at radius 3 is 2.16 bits per heavy atom. The first-order chi connectivity index (χ1) is 11.8. The second-order valence-corrected chi connectivity index (χ2v) is 5.84. The third-order valence-corrected chi connectivity index (χ3v) is 3.67. The van der Waals surface area contributed by atoms with Crippen molar-refractivity contribution in [3.63, 3.8) is 0 Å². The van der Waals surface area contributed by atoms with Crippen LogP contribution in [0.2, 0.25) is 0 Å². The first-order valence-corrected chi connectivity index (χ1v) is 8.26. The normalized spacial score (nSPS) is 11.6. The summed E-state index contributed by atoms with van der Waals surface area (Å²) < 4.78 is 0. The maximum Gasteiger partial charge on any atom is 0.186 e. The zero-order chi connectivity index (χ0) is 18.8. The minimum atomic E-state index is -0.139. The summed E-state index contributed by atoms with van der Waals surface area (Å²) in [5.74, 6) is -0.278. The molecule has 0 aliphatic rings. The van der Waals surface area contributed by atoms with Crippen LogP contribution in [0.1, 0.15) is 19.4 Å². The van der Waals surface area contributed by atoms with Crippen LogP contribution in [0.15, 0.2) is 28.4 Å². The molecule has 6 N–H and O–H groups in total. The van der Waals surface area contributed by atoms with Gasteiger partial charge in [-0.05, 0) is 62.4 Å². The van der Waals surface area contributed by atoms with E-state index >= 15 is 0 Å². The summed E-state index contributed by atoms with van der Waals surface area (Å²) in [4.78, 5) is 0. The van der Waals surface area contributed by atoms with E-state index in [1.165, 1.54) is 12.1 Å². The van der Waals surface area contributed by atoms with Crippen molar-refractivity contribution in [3.05, 3.63) is 23.8 Å². The van der Waals surface area contributed by atoms with Crippen molar-refractivity contribution in [3.8, 4) is 11.5 Å². The van der Waals surface area contributed by atoms with Crippen molar-refractivity contribution in [2.45, 2.75) is 20.3 Å². The molecule has 0 aliphatic carbocycles. The molecule has 0 bridgehead atoms. The van der Waals surface area contributed by atoms with E-state index in [1.54, 1.807) is 27.0 Å². The van der Waals surface area contributed by atoms with Gasteiger partial charge in [0.05, 0.1) is 11.4 Å². The molecule has 0 aliphatic heterocycles. The lowest BCUT2D eigenvalue weighted by Crippen LogP contribution is -2.34. The lowest BCUT2D eigenvalue weighted by Gasteiger charge is -2.09. The number of thiocarbonyl (C=S) groups is 2. The molecule has 0 saturated carbocycles. The Hall–Kier alpha value is -2.46. The van der Waals surface area contributed by atoms with Crippen LogP contribution in [-0.2, 0) is 6.42 Å². The Labute approximate surface area is 157 Å². The fraction of sp³-hybridized carbons (Fsp3) is 0.333. The number of aromatic hydroxyl groups is 2. The summed E-state index contributed by atoms with van der Waals surface area (Å²) in [6, 6.07) is 4.70. The van der Waals surface area contributed by atoms with E-state index in [0.717, 1.165) is 5.56 Å². The number of hydrazone groups is 2. The molecule has 0 spiro atoms. The molecule has 8 nitrogen and oxygen atoms in total. The highest BCUT2D eigenvalue weighted by Crippen LogP contribution is 2.24. The highest BCUT2D eigenvalue weighted by Gasteiger charge is 2.02. The van der Waals surface area contributed by atoms with E-state index < -0.39 is 0 Å². The van der Waals surface area contributed by atoms with Gasteiger partial charge in [0, 0.05) is 13.6 Å². The Morgan fingerprint density at radius 1 is 1.00 bits per heavy atom. The van der Waals surface area contributed by atoms with Crippen LogP contribution in [0.3, 0.4) is 0 Å². The van der Waals surface area contributed by atoms with Gasteiger partial charge in [0.1, 0.15) is 0 Å². The number of nitrogens with zero attached hydrogens (tertiary/aromatic N) is 2. The fourth-order valence-electron chi connectivity index (χ4n) is 1.57. The number of phenolic OH excluding ortho intramolecular Hbond substituents is 2. The van der Waals surface area contributed by atoms with Crippen LogP contribution >= 0.6 is 24.4 Å². The van der Waals surface area contributed by atoms with Crippen LogP contribution < -0.4 is 21.5 Å². The smallest absolute Gasteiger partial charge is 0.186 e. The first kappa shape index (κ1) is 20.6. The molecule has 0 heterocycles. The summed E-state index contributed by atoms with van der Waals surface area (Å²) in [6.07, 6.45) is 0.629. The minimum Gasteiger partial charge on any atom is -0.504 e. The standard InChI is InChI=1S/C15H22N6O2S2/c1-9(18-20-14(24)16-3)10(2)19-21-15(25)17-7-6-11-4-5-12(22)13(23)8-11/h4-5,8,22-23H,6-7H2,1-3H3,(H2,16,20,24)(H2,17,21,25). The summed E-state index contributed by atoms with van der Waals surface area (Å²) in [5.41, 5.74) is 7.59. The van der Waals surface area contributed by atoms with Crippen molar-refractivity contribution in [1.29, 1.82) is 0 Å². The van der Waals surface area contributed by atoms with Gasteiger partial charge in [0.15, 0.2) is 21.7 Å². The van der Waals surface area contributed by atoms with E-state index in [2.05, 4.69) is 31.7 Å². The predicted molar refractivity (Wildman–Crippen MR) is 108 cm³/mol. The number of rotatable bonds is 6. The zero-order valence-electron chi connectivity index (χ0n) is 14.3. The molecule has 0 radical (unpaired) electrons. The molecule has 1 rings (SSSR count). The third kappa shape index (κ3) is 7.77. The zero-order valence-corrected chi connectivity index (χ0v) is 15.9. The lowest BCUT2D eigenvalue weighted by atomic mass is 10.1. The van der Waals surface area contributed by atoms with Crippen molar-refractivity contribution in [2.75, 3.05) is 13.6 Å². The van der Waals surface area contributed by atoms with E-state index in [-0.39, 0.29) is 11.5 Å². The number of benzene rings is 1. The predicted octanol–water partition coefficient (Wildman–Crippen LogP) is 0.950. The Bertz CT molecular complexity index is 691. The molecular formula is C15H22N6O2S2. The van der Waals surface area contributed by atoms with Gasteiger partial charge in [-0.25, -0.2) is 0 Å². The lowest BCUT2D eigenvalue weighted by molar-refractivity contribution is 0.403.